The van der Waals surface area contributed by atoms with E-state index in [-0.39, 0.29) is 8.85 Å². The second kappa shape index (κ2) is 7.47. The minimum atomic E-state index is 0. The molecular weight excluding hydrogens is 112 g/mol. The summed E-state index contributed by atoms with van der Waals surface area (Å²) in [5.41, 5.74) is 0. The van der Waals surface area contributed by atoms with E-state index in [4.69, 9.17) is 0 Å². The van der Waals surface area contributed by atoms with Crippen molar-refractivity contribution in [3.63, 3.8) is 0 Å². The number of amidine groups is 1. The molecule has 9 heavy (non-hydrogen) atoms. The van der Waals surface area contributed by atoms with Crippen molar-refractivity contribution >= 4 is 5.84 Å². The first-order valence-corrected chi connectivity index (χ1v) is 3.14. The first-order chi connectivity index (χ1) is 3.89. The van der Waals surface area contributed by atoms with Crippen molar-refractivity contribution in [3.8, 4) is 0 Å². The molecule has 2 heteroatoms. The average molecular weight is 132 g/mol. The molecule has 0 unspecified atom stereocenters. The first-order valence-electron chi connectivity index (χ1n) is 3.14. The molecule has 0 aliphatic carbocycles. The molecule has 58 valence electrons. The molecule has 1 rings (SSSR count). The Hall–Kier alpha value is -0.530. The lowest BCUT2D eigenvalue weighted by atomic mass is 10.7. The Morgan fingerprint density at radius 2 is 2.11 bits per heavy atom. The van der Waals surface area contributed by atoms with Gasteiger partial charge in [0.15, 0.2) is 0 Å². The summed E-state index contributed by atoms with van der Waals surface area (Å²) in [4.78, 5) is 4.04. The molecule has 1 aliphatic heterocycles. The Labute approximate surface area is 59.9 Å². The van der Waals surface area contributed by atoms with Crippen LogP contribution >= 0.6 is 0 Å². The Morgan fingerprint density at radius 3 is 2.22 bits per heavy atom. The van der Waals surface area contributed by atoms with Crippen LogP contribution in [0.3, 0.4) is 0 Å². The van der Waals surface area contributed by atoms with Gasteiger partial charge in [-0.05, 0) is 6.92 Å². The monoisotopic (exact) mass is 132 g/mol. The predicted octanol–water partition coefficient (Wildman–Crippen LogP) is 1.92. The zero-order chi connectivity index (χ0) is 6.41. The van der Waals surface area contributed by atoms with Gasteiger partial charge in [-0.3, -0.25) is 4.99 Å². The fourth-order valence-corrected chi connectivity index (χ4v) is 0.516. The van der Waals surface area contributed by atoms with Crippen LogP contribution in [-0.2, 0) is 0 Å². The lowest BCUT2D eigenvalue weighted by molar-refractivity contribution is 0.958. The molecule has 0 bridgehead atoms. The van der Waals surface area contributed by atoms with Crippen molar-refractivity contribution < 1.29 is 1.43 Å². The number of nitrogens with one attached hydrogen (secondary N) is 1. The highest BCUT2D eigenvalue weighted by molar-refractivity contribution is 5.80. The number of nitrogens with zero attached hydrogens (tertiary/aromatic N) is 1. The van der Waals surface area contributed by atoms with Gasteiger partial charge in [0.05, 0.1) is 12.4 Å². The van der Waals surface area contributed by atoms with Crippen molar-refractivity contribution in [2.45, 2.75) is 28.2 Å². The lowest BCUT2D eigenvalue weighted by Crippen LogP contribution is -2.13. The molecule has 0 spiro atoms. The minimum Gasteiger partial charge on any atom is -0.372 e. The standard InChI is InChI=1S/C4H8N2.C2H6.CH4.H2/c1-4-5-2-3-6-4;1-2;;/h2-3H2,1H3,(H,5,6);1-2H3;1H4;1H. The number of aliphatic imine (C=N–C) groups is 1. The van der Waals surface area contributed by atoms with Crippen molar-refractivity contribution in [2.24, 2.45) is 4.99 Å². The third-order valence-electron chi connectivity index (χ3n) is 0.842. The summed E-state index contributed by atoms with van der Waals surface area (Å²) in [5.74, 6) is 1.08. The maximum absolute atomic E-state index is 4.04. The largest absolute Gasteiger partial charge is 0.372 e. The highest BCUT2D eigenvalue weighted by Crippen LogP contribution is 1.79. The van der Waals surface area contributed by atoms with E-state index in [2.05, 4.69) is 10.3 Å². The van der Waals surface area contributed by atoms with Crippen LogP contribution in [-0.4, -0.2) is 18.9 Å². The zero-order valence-electron chi connectivity index (χ0n) is 5.86. The molecule has 0 saturated carbocycles. The maximum Gasteiger partial charge on any atom is 0.0933 e. The first kappa shape index (κ1) is 11.3. The van der Waals surface area contributed by atoms with Crippen LogP contribution in [0, 0.1) is 0 Å². The number of hydrogen-bond donors (Lipinski definition) is 1. The molecule has 0 radical (unpaired) electrons. The van der Waals surface area contributed by atoms with Crippen molar-refractivity contribution in [1.29, 1.82) is 0 Å². The van der Waals surface area contributed by atoms with E-state index in [0.29, 0.717) is 0 Å². The Balaban J connectivity index is -0.000000114. The summed E-state index contributed by atoms with van der Waals surface area (Å²) in [7, 11) is 0. The topological polar surface area (TPSA) is 24.4 Å². The van der Waals surface area contributed by atoms with Crippen LogP contribution in [0.2, 0.25) is 0 Å². The molecular formula is C7H20N2. The number of rotatable bonds is 0. The van der Waals surface area contributed by atoms with Gasteiger partial charge in [-0.15, -0.1) is 0 Å². The highest BCUT2D eigenvalue weighted by Gasteiger charge is 1.93. The van der Waals surface area contributed by atoms with E-state index < -0.39 is 0 Å². The predicted molar refractivity (Wildman–Crippen MR) is 46.2 cm³/mol. The van der Waals surface area contributed by atoms with Gasteiger partial charge in [0.2, 0.25) is 0 Å². The fourth-order valence-electron chi connectivity index (χ4n) is 0.516. The summed E-state index contributed by atoms with van der Waals surface area (Å²) in [6, 6.07) is 0. The van der Waals surface area contributed by atoms with E-state index in [1.54, 1.807) is 0 Å². The minimum absolute atomic E-state index is 0. The van der Waals surface area contributed by atoms with Gasteiger partial charge < -0.3 is 5.32 Å². The highest BCUT2D eigenvalue weighted by atomic mass is 15.0. The summed E-state index contributed by atoms with van der Waals surface area (Å²) in [5, 5.41) is 3.07. The van der Waals surface area contributed by atoms with Crippen molar-refractivity contribution in [3.05, 3.63) is 0 Å². The van der Waals surface area contributed by atoms with Gasteiger partial charge in [0, 0.05) is 7.97 Å². The van der Waals surface area contributed by atoms with Crippen LogP contribution in [0.25, 0.3) is 0 Å². The lowest BCUT2D eigenvalue weighted by Gasteiger charge is -1.85. The van der Waals surface area contributed by atoms with Gasteiger partial charge in [0.1, 0.15) is 0 Å². The Bertz CT molecular complexity index is 81.7. The van der Waals surface area contributed by atoms with Gasteiger partial charge in [-0.25, -0.2) is 0 Å². The van der Waals surface area contributed by atoms with E-state index >= 15 is 0 Å². The molecule has 1 heterocycles. The summed E-state index contributed by atoms with van der Waals surface area (Å²) < 4.78 is 0. The molecule has 0 fully saturated rings. The van der Waals surface area contributed by atoms with E-state index in [1.807, 2.05) is 20.8 Å². The van der Waals surface area contributed by atoms with Gasteiger partial charge >= 0.3 is 0 Å². The normalized spacial score (nSPS) is 13.9. The van der Waals surface area contributed by atoms with Crippen molar-refractivity contribution in [2.75, 3.05) is 13.1 Å². The molecule has 2 nitrogen and oxygen atoms in total. The molecule has 0 aromatic carbocycles. The average Bonchev–Trinajstić information content (AvgIpc) is 2.24. The number of hydrogen-bond acceptors (Lipinski definition) is 2. The molecule has 1 aliphatic rings. The SMILES string of the molecule is C.CC.CC1=NCCN1.[HH]. The Kier molecular flexibility index (Phi) is 9.37. The Morgan fingerprint density at radius 1 is 1.56 bits per heavy atom. The van der Waals surface area contributed by atoms with E-state index in [0.717, 1.165) is 18.9 Å². The van der Waals surface area contributed by atoms with E-state index in [9.17, 15) is 0 Å². The summed E-state index contributed by atoms with van der Waals surface area (Å²) >= 11 is 0. The van der Waals surface area contributed by atoms with Crippen LogP contribution in [0.15, 0.2) is 4.99 Å². The van der Waals surface area contributed by atoms with E-state index in [1.165, 1.54) is 0 Å². The van der Waals surface area contributed by atoms with Gasteiger partial charge in [0.25, 0.3) is 0 Å². The van der Waals surface area contributed by atoms with Crippen molar-refractivity contribution in [1.82, 2.24) is 5.32 Å². The molecule has 1 N–H and O–H groups in total. The molecule has 0 amide bonds. The summed E-state index contributed by atoms with van der Waals surface area (Å²) in [6.07, 6.45) is 0. The van der Waals surface area contributed by atoms with Gasteiger partial charge in [-0.1, -0.05) is 21.3 Å². The van der Waals surface area contributed by atoms with Crippen LogP contribution in [0.5, 0.6) is 0 Å². The fraction of sp³-hybridized carbons (Fsp3) is 0.857. The molecule has 0 aromatic heterocycles. The molecule has 0 aromatic rings. The van der Waals surface area contributed by atoms with Crippen LogP contribution < -0.4 is 5.32 Å². The molecule has 0 atom stereocenters. The third-order valence-corrected chi connectivity index (χ3v) is 0.842. The van der Waals surface area contributed by atoms with Gasteiger partial charge in [-0.2, -0.15) is 0 Å². The second-order valence-electron chi connectivity index (χ2n) is 1.39. The summed E-state index contributed by atoms with van der Waals surface area (Å²) in [6.45, 7) is 7.98. The zero-order valence-corrected chi connectivity index (χ0v) is 5.86. The smallest absolute Gasteiger partial charge is 0.0933 e. The second-order valence-corrected chi connectivity index (χ2v) is 1.39. The quantitative estimate of drug-likeness (QED) is 0.535. The maximum atomic E-state index is 4.04. The molecule has 0 saturated heterocycles. The third kappa shape index (κ3) is 5.34. The van der Waals surface area contributed by atoms with Crippen LogP contribution in [0.1, 0.15) is 29.6 Å². The van der Waals surface area contributed by atoms with Crippen LogP contribution in [0.4, 0.5) is 0 Å².